The normalized spacial score (nSPS) is 17.4. The summed E-state index contributed by atoms with van der Waals surface area (Å²) in [7, 11) is 3.96. The van der Waals surface area contributed by atoms with E-state index in [9.17, 15) is 0 Å². The Labute approximate surface area is 176 Å². The van der Waals surface area contributed by atoms with Crippen LogP contribution in [0.25, 0.3) is 0 Å². The number of hydrogen-bond acceptors (Lipinski definition) is 4. The van der Waals surface area contributed by atoms with Crippen LogP contribution in [0.4, 0.5) is 0 Å². The Balaban J connectivity index is 1.42. The quantitative estimate of drug-likeness (QED) is 0.591. The maximum absolute atomic E-state index is 5.54. The van der Waals surface area contributed by atoms with E-state index in [-0.39, 0.29) is 0 Å². The lowest BCUT2D eigenvalue weighted by Crippen LogP contribution is -2.40. The Kier molecular flexibility index (Phi) is 8.38. The van der Waals surface area contributed by atoms with Crippen molar-refractivity contribution in [2.75, 3.05) is 46.9 Å². The van der Waals surface area contributed by atoms with Crippen LogP contribution in [0.3, 0.4) is 0 Å². The molecule has 29 heavy (non-hydrogen) atoms. The topological polar surface area (TPSA) is 24.9 Å². The lowest BCUT2D eigenvalue weighted by molar-refractivity contribution is 0.142. The smallest absolute Gasteiger partial charge is 0.119 e. The zero-order chi connectivity index (χ0) is 20.5. The molecule has 2 aromatic carbocycles. The zero-order valence-electron chi connectivity index (χ0n) is 18.3. The Morgan fingerprint density at radius 3 is 2.38 bits per heavy atom. The fourth-order valence-electron chi connectivity index (χ4n) is 4.26. The van der Waals surface area contributed by atoms with Crippen LogP contribution < -0.4 is 9.47 Å². The van der Waals surface area contributed by atoms with Crippen molar-refractivity contribution >= 4 is 0 Å². The molecule has 1 heterocycles. The minimum atomic E-state index is 0.718. The van der Waals surface area contributed by atoms with Crippen molar-refractivity contribution in [3.05, 3.63) is 59.7 Å². The molecule has 1 unspecified atom stereocenters. The number of hydrogen-bond donors (Lipinski definition) is 0. The number of benzene rings is 2. The van der Waals surface area contributed by atoms with Gasteiger partial charge in [0.1, 0.15) is 11.5 Å². The van der Waals surface area contributed by atoms with Gasteiger partial charge in [-0.1, -0.05) is 24.3 Å². The molecule has 0 aromatic heterocycles. The molecule has 158 valence electrons. The third-order valence-electron chi connectivity index (χ3n) is 5.74. The van der Waals surface area contributed by atoms with Crippen LogP contribution in [-0.2, 0) is 13.0 Å². The monoisotopic (exact) mass is 396 g/mol. The van der Waals surface area contributed by atoms with E-state index in [1.165, 1.54) is 37.1 Å². The number of nitrogens with zero attached hydrogens (tertiary/aromatic N) is 2. The van der Waals surface area contributed by atoms with Gasteiger partial charge in [0.2, 0.25) is 0 Å². The van der Waals surface area contributed by atoms with Gasteiger partial charge in [-0.15, -0.1) is 0 Å². The van der Waals surface area contributed by atoms with Gasteiger partial charge in [-0.25, -0.2) is 0 Å². The van der Waals surface area contributed by atoms with Crippen LogP contribution >= 0.6 is 0 Å². The SMILES string of the molecule is CCOc1ccc(CN(C)CC2CCCN(CCc3ccc(OC)cc3)C2)cc1. The van der Waals surface area contributed by atoms with Crippen LogP contribution in [-0.4, -0.2) is 56.7 Å². The van der Waals surface area contributed by atoms with Crippen molar-refractivity contribution < 1.29 is 9.47 Å². The Hall–Kier alpha value is -2.04. The summed E-state index contributed by atoms with van der Waals surface area (Å²) >= 11 is 0. The Bertz CT molecular complexity index is 715. The summed E-state index contributed by atoms with van der Waals surface area (Å²) < 4.78 is 10.8. The van der Waals surface area contributed by atoms with Crippen molar-refractivity contribution in [2.24, 2.45) is 5.92 Å². The molecule has 0 aliphatic carbocycles. The van der Waals surface area contributed by atoms with Crippen LogP contribution in [0.15, 0.2) is 48.5 Å². The highest BCUT2D eigenvalue weighted by molar-refractivity contribution is 5.28. The highest BCUT2D eigenvalue weighted by Crippen LogP contribution is 2.20. The molecule has 0 saturated carbocycles. The first-order valence-corrected chi connectivity index (χ1v) is 10.9. The summed E-state index contributed by atoms with van der Waals surface area (Å²) in [5.74, 6) is 2.65. The Morgan fingerprint density at radius 2 is 1.69 bits per heavy atom. The van der Waals surface area contributed by atoms with Crippen molar-refractivity contribution in [3.8, 4) is 11.5 Å². The zero-order valence-corrected chi connectivity index (χ0v) is 18.3. The average molecular weight is 397 g/mol. The number of piperidine rings is 1. The van der Waals surface area contributed by atoms with Gasteiger partial charge in [-0.05, 0) is 81.1 Å². The highest BCUT2D eigenvalue weighted by Gasteiger charge is 2.21. The molecular weight excluding hydrogens is 360 g/mol. The highest BCUT2D eigenvalue weighted by atomic mass is 16.5. The minimum Gasteiger partial charge on any atom is -0.497 e. The lowest BCUT2D eigenvalue weighted by atomic mass is 9.97. The summed E-state index contributed by atoms with van der Waals surface area (Å²) in [6, 6.07) is 17.0. The molecular formula is C25H36N2O2. The van der Waals surface area contributed by atoms with Crippen LogP contribution in [0.5, 0.6) is 11.5 Å². The summed E-state index contributed by atoms with van der Waals surface area (Å²) in [5.41, 5.74) is 2.74. The van der Waals surface area contributed by atoms with Crippen LogP contribution in [0, 0.1) is 5.92 Å². The molecule has 1 aliphatic rings. The van der Waals surface area contributed by atoms with E-state index < -0.39 is 0 Å². The van der Waals surface area contributed by atoms with Gasteiger partial charge in [0.15, 0.2) is 0 Å². The van der Waals surface area contributed by atoms with Crippen LogP contribution in [0.1, 0.15) is 30.9 Å². The van der Waals surface area contributed by atoms with Crippen molar-refractivity contribution in [3.63, 3.8) is 0 Å². The molecule has 4 nitrogen and oxygen atoms in total. The molecule has 2 aromatic rings. The predicted octanol–water partition coefficient (Wildman–Crippen LogP) is 4.48. The van der Waals surface area contributed by atoms with E-state index >= 15 is 0 Å². The van der Waals surface area contributed by atoms with Gasteiger partial charge in [-0.2, -0.15) is 0 Å². The maximum atomic E-state index is 5.54. The fraction of sp³-hybridized carbons (Fsp3) is 0.520. The number of likely N-dealkylation sites (tertiary alicyclic amines) is 1. The molecule has 3 rings (SSSR count). The number of methoxy groups -OCH3 is 1. The summed E-state index contributed by atoms with van der Waals surface area (Å²) in [6.45, 7) is 8.48. The first-order chi connectivity index (χ1) is 14.2. The van der Waals surface area contributed by atoms with Gasteiger partial charge < -0.3 is 19.3 Å². The van der Waals surface area contributed by atoms with E-state index in [4.69, 9.17) is 9.47 Å². The summed E-state index contributed by atoms with van der Waals surface area (Å²) in [5, 5.41) is 0. The molecule has 0 amide bonds. The maximum Gasteiger partial charge on any atom is 0.119 e. The predicted molar refractivity (Wildman–Crippen MR) is 120 cm³/mol. The number of rotatable bonds is 10. The molecule has 4 heteroatoms. The molecule has 0 bridgehead atoms. The molecule has 0 spiro atoms. The van der Waals surface area contributed by atoms with E-state index in [1.54, 1.807) is 7.11 Å². The van der Waals surface area contributed by atoms with E-state index in [1.807, 2.05) is 6.92 Å². The van der Waals surface area contributed by atoms with Gasteiger partial charge in [0.25, 0.3) is 0 Å². The second kappa shape index (κ2) is 11.2. The van der Waals surface area contributed by atoms with Crippen molar-refractivity contribution in [1.29, 1.82) is 0 Å². The second-order valence-corrected chi connectivity index (χ2v) is 8.18. The van der Waals surface area contributed by atoms with Gasteiger partial charge in [0, 0.05) is 26.2 Å². The third-order valence-corrected chi connectivity index (χ3v) is 5.74. The van der Waals surface area contributed by atoms with Crippen molar-refractivity contribution in [1.82, 2.24) is 9.80 Å². The van der Waals surface area contributed by atoms with Gasteiger partial charge in [0.05, 0.1) is 13.7 Å². The van der Waals surface area contributed by atoms with Gasteiger partial charge in [-0.3, -0.25) is 0 Å². The molecule has 1 atom stereocenters. The van der Waals surface area contributed by atoms with E-state index in [0.717, 1.165) is 50.1 Å². The minimum absolute atomic E-state index is 0.718. The summed E-state index contributed by atoms with van der Waals surface area (Å²) in [4.78, 5) is 5.11. The fourth-order valence-corrected chi connectivity index (χ4v) is 4.26. The van der Waals surface area contributed by atoms with Crippen LogP contribution in [0.2, 0.25) is 0 Å². The van der Waals surface area contributed by atoms with Gasteiger partial charge >= 0.3 is 0 Å². The first kappa shape index (κ1) is 21.7. The molecule has 1 fully saturated rings. The molecule has 1 aliphatic heterocycles. The standard InChI is InChI=1S/C25H36N2O2/c1-4-29-25-13-9-22(10-14-25)18-26(2)19-23-6-5-16-27(20-23)17-15-21-7-11-24(28-3)12-8-21/h7-14,23H,4-6,15-20H2,1-3H3. The van der Waals surface area contributed by atoms with E-state index in [2.05, 4.69) is 65.4 Å². The summed E-state index contributed by atoms with van der Waals surface area (Å²) in [6.07, 6.45) is 3.76. The third kappa shape index (κ3) is 7.06. The first-order valence-electron chi connectivity index (χ1n) is 10.9. The molecule has 0 radical (unpaired) electrons. The van der Waals surface area contributed by atoms with E-state index in [0.29, 0.717) is 0 Å². The average Bonchev–Trinajstić information content (AvgIpc) is 2.74. The largest absolute Gasteiger partial charge is 0.497 e. The molecule has 1 saturated heterocycles. The second-order valence-electron chi connectivity index (χ2n) is 8.18. The lowest BCUT2D eigenvalue weighted by Gasteiger charge is -2.34. The number of ether oxygens (including phenoxy) is 2. The molecule has 0 N–H and O–H groups in total. The Morgan fingerprint density at radius 1 is 1.00 bits per heavy atom. The van der Waals surface area contributed by atoms with Crippen molar-refractivity contribution in [2.45, 2.75) is 32.7 Å².